The van der Waals surface area contributed by atoms with Crippen molar-refractivity contribution in [3.8, 4) is 0 Å². The number of carbonyl (C=O) groups is 1. The van der Waals surface area contributed by atoms with Crippen molar-refractivity contribution >= 4 is 22.3 Å². The molecule has 2 aromatic rings. The van der Waals surface area contributed by atoms with Crippen LogP contribution in [0, 0.1) is 0 Å². The van der Waals surface area contributed by atoms with Crippen molar-refractivity contribution in [2.24, 2.45) is 5.73 Å². The summed E-state index contributed by atoms with van der Waals surface area (Å²) in [6.45, 7) is 0.305. The molecule has 0 bridgehead atoms. The fourth-order valence-corrected chi connectivity index (χ4v) is 2.09. The fraction of sp³-hybridized carbons (Fsp3) is 0.250. The first-order chi connectivity index (χ1) is 6.77. The lowest BCUT2D eigenvalue weighted by atomic mass is 10.3. The highest BCUT2D eigenvalue weighted by Crippen LogP contribution is 2.15. The number of fused-ring (bicyclic) bond motifs is 1. The highest BCUT2D eigenvalue weighted by molar-refractivity contribution is 7.15. The van der Waals surface area contributed by atoms with Gasteiger partial charge >= 0.3 is 6.09 Å². The quantitative estimate of drug-likeness (QED) is 0.824. The van der Waals surface area contributed by atoms with Gasteiger partial charge in [0, 0.05) is 17.5 Å². The van der Waals surface area contributed by atoms with Crippen LogP contribution >= 0.6 is 11.3 Å². The number of hydrogen-bond donors (Lipinski definition) is 1. The standard InChI is InChI=1S/C8H9N3O2S/c9-8(12)13-2-1-6-4-14-7-3-10-5-11(6)7/h3-5H,1-2H2,(H2,9,12). The molecule has 0 aliphatic rings. The van der Waals surface area contributed by atoms with Crippen molar-refractivity contribution in [3.05, 3.63) is 23.6 Å². The monoisotopic (exact) mass is 211 g/mol. The van der Waals surface area contributed by atoms with Gasteiger partial charge in [-0.3, -0.25) is 4.40 Å². The van der Waals surface area contributed by atoms with Crippen LogP contribution < -0.4 is 5.73 Å². The molecule has 1 amide bonds. The maximum Gasteiger partial charge on any atom is 0.404 e. The first-order valence-corrected chi connectivity index (χ1v) is 4.96. The number of aromatic nitrogens is 2. The summed E-state index contributed by atoms with van der Waals surface area (Å²) >= 11 is 1.61. The number of hydrogen-bond acceptors (Lipinski definition) is 4. The number of primary amides is 1. The van der Waals surface area contributed by atoms with Gasteiger partial charge in [-0.1, -0.05) is 0 Å². The number of nitrogens with zero attached hydrogens (tertiary/aromatic N) is 2. The van der Waals surface area contributed by atoms with Gasteiger partial charge in [0.1, 0.15) is 11.2 Å². The maximum atomic E-state index is 10.3. The zero-order valence-corrected chi connectivity index (χ0v) is 8.16. The number of carbonyl (C=O) groups excluding carboxylic acids is 1. The smallest absolute Gasteiger partial charge is 0.404 e. The van der Waals surface area contributed by atoms with Crippen LogP contribution in [0.25, 0.3) is 4.83 Å². The molecule has 0 aliphatic carbocycles. The van der Waals surface area contributed by atoms with Crippen molar-refractivity contribution in [1.29, 1.82) is 0 Å². The minimum absolute atomic E-state index is 0.305. The number of rotatable bonds is 3. The minimum atomic E-state index is -0.734. The topological polar surface area (TPSA) is 69.6 Å². The van der Waals surface area contributed by atoms with E-state index in [1.54, 1.807) is 23.9 Å². The van der Waals surface area contributed by atoms with Crippen LogP contribution in [0.5, 0.6) is 0 Å². The molecule has 2 rings (SSSR count). The molecule has 0 radical (unpaired) electrons. The van der Waals surface area contributed by atoms with E-state index in [0.717, 1.165) is 10.5 Å². The number of thiazole rings is 1. The molecule has 0 saturated carbocycles. The number of imidazole rings is 1. The molecule has 74 valence electrons. The van der Waals surface area contributed by atoms with Crippen LogP contribution in [0.1, 0.15) is 5.69 Å². The number of amides is 1. The highest BCUT2D eigenvalue weighted by atomic mass is 32.1. The van der Waals surface area contributed by atoms with Crippen molar-refractivity contribution in [2.45, 2.75) is 6.42 Å². The van der Waals surface area contributed by atoms with Gasteiger partial charge in [0.05, 0.1) is 12.8 Å². The summed E-state index contributed by atoms with van der Waals surface area (Å²) < 4.78 is 6.62. The summed E-state index contributed by atoms with van der Waals surface area (Å²) in [5.41, 5.74) is 5.92. The Balaban J connectivity index is 2.04. The molecule has 0 aromatic carbocycles. The van der Waals surface area contributed by atoms with Crippen LogP contribution in [0.4, 0.5) is 4.79 Å². The average Bonchev–Trinajstić information content (AvgIpc) is 2.67. The lowest BCUT2D eigenvalue weighted by Gasteiger charge is -1.99. The van der Waals surface area contributed by atoms with Gasteiger partial charge in [-0.05, 0) is 0 Å². The van der Waals surface area contributed by atoms with Gasteiger partial charge in [-0.15, -0.1) is 11.3 Å². The molecule has 2 N–H and O–H groups in total. The molecular weight excluding hydrogens is 202 g/mol. The minimum Gasteiger partial charge on any atom is -0.449 e. The highest BCUT2D eigenvalue weighted by Gasteiger charge is 2.03. The van der Waals surface area contributed by atoms with Gasteiger partial charge in [0.15, 0.2) is 0 Å². The van der Waals surface area contributed by atoms with E-state index in [4.69, 9.17) is 5.73 Å². The molecule has 0 unspecified atom stereocenters. The third-order valence-electron chi connectivity index (χ3n) is 1.83. The Morgan fingerprint density at radius 3 is 3.36 bits per heavy atom. The molecule has 2 heterocycles. The van der Waals surface area contributed by atoms with Crippen molar-refractivity contribution in [3.63, 3.8) is 0 Å². The Morgan fingerprint density at radius 1 is 1.71 bits per heavy atom. The molecule has 0 spiro atoms. The Kier molecular flexibility index (Phi) is 2.36. The molecular formula is C8H9N3O2S. The van der Waals surface area contributed by atoms with Gasteiger partial charge in [0.2, 0.25) is 0 Å². The van der Waals surface area contributed by atoms with E-state index in [1.165, 1.54) is 0 Å². The first kappa shape index (κ1) is 9.01. The summed E-state index contributed by atoms with van der Waals surface area (Å²) in [6, 6.07) is 0. The Hall–Kier alpha value is -1.56. The predicted octanol–water partition coefficient (Wildman–Crippen LogP) is 1.03. The third kappa shape index (κ3) is 1.69. The van der Waals surface area contributed by atoms with Crippen LogP contribution in [0.2, 0.25) is 0 Å². The third-order valence-corrected chi connectivity index (χ3v) is 2.77. The lowest BCUT2D eigenvalue weighted by molar-refractivity contribution is 0.158. The number of ether oxygens (including phenoxy) is 1. The Bertz CT molecular complexity index is 448. The van der Waals surface area contributed by atoms with E-state index in [1.807, 2.05) is 9.78 Å². The fourth-order valence-electron chi connectivity index (χ4n) is 1.21. The van der Waals surface area contributed by atoms with E-state index in [2.05, 4.69) is 9.72 Å². The number of nitrogens with two attached hydrogens (primary N) is 1. The second-order valence-electron chi connectivity index (χ2n) is 2.75. The molecule has 14 heavy (non-hydrogen) atoms. The van der Waals surface area contributed by atoms with Crippen molar-refractivity contribution in [1.82, 2.24) is 9.38 Å². The first-order valence-electron chi connectivity index (χ1n) is 4.08. The van der Waals surface area contributed by atoms with Crippen LogP contribution in [-0.4, -0.2) is 22.1 Å². The maximum absolute atomic E-state index is 10.3. The van der Waals surface area contributed by atoms with E-state index in [0.29, 0.717) is 13.0 Å². The molecule has 0 atom stereocenters. The normalized spacial score (nSPS) is 10.6. The van der Waals surface area contributed by atoms with Crippen LogP contribution in [0.3, 0.4) is 0 Å². The Morgan fingerprint density at radius 2 is 2.57 bits per heavy atom. The van der Waals surface area contributed by atoms with Gasteiger partial charge in [-0.25, -0.2) is 9.78 Å². The average molecular weight is 211 g/mol. The second-order valence-corrected chi connectivity index (χ2v) is 3.64. The van der Waals surface area contributed by atoms with E-state index >= 15 is 0 Å². The zero-order chi connectivity index (χ0) is 9.97. The van der Waals surface area contributed by atoms with Crippen molar-refractivity contribution in [2.75, 3.05) is 6.61 Å². The van der Waals surface area contributed by atoms with Crippen LogP contribution in [0.15, 0.2) is 17.9 Å². The summed E-state index contributed by atoms with van der Waals surface area (Å²) in [7, 11) is 0. The van der Waals surface area contributed by atoms with E-state index in [9.17, 15) is 4.79 Å². The molecule has 2 aromatic heterocycles. The largest absolute Gasteiger partial charge is 0.449 e. The summed E-state index contributed by atoms with van der Waals surface area (Å²) in [6.07, 6.45) is 3.45. The lowest BCUT2D eigenvalue weighted by Crippen LogP contribution is -2.15. The van der Waals surface area contributed by atoms with Crippen LogP contribution in [-0.2, 0) is 11.2 Å². The summed E-state index contributed by atoms with van der Waals surface area (Å²) in [5, 5.41) is 2.02. The molecule has 0 fully saturated rings. The molecule has 0 aliphatic heterocycles. The summed E-state index contributed by atoms with van der Waals surface area (Å²) in [5.74, 6) is 0. The second kappa shape index (κ2) is 3.67. The van der Waals surface area contributed by atoms with Gasteiger partial charge < -0.3 is 10.5 Å². The van der Waals surface area contributed by atoms with Gasteiger partial charge in [0.25, 0.3) is 0 Å². The molecule has 6 heteroatoms. The van der Waals surface area contributed by atoms with E-state index in [-0.39, 0.29) is 0 Å². The summed E-state index contributed by atoms with van der Waals surface area (Å²) in [4.78, 5) is 15.4. The molecule has 5 nitrogen and oxygen atoms in total. The Labute approximate surface area is 84.1 Å². The van der Waals surface area contributed by atoms with E-state index < -0.39 is 6.09 Å². The van der Waals surface area contributed by atoms with Gasteiger partial charge in [-0.2, -0.15) is 0 Å². The zero-order valence-electron chi connectivity index (χ0n) is 7.34. The van der Waals surface area contributed by atoms with Crippen molar-refractivity contribution < 1.29 is 9.53 Å². The SMILES string of the molecule is NC(=O)OCCc1csc2cncn12. The molecule has 0 saturated heterocycles. The predicted molar refractivity (Wildman–Crippen MR) is 52.3 cm³/mol.